The summed E-state index contributed by atoms with van der Waals surface area (Å²) in [5.74, 6) is -0.892. The molecule has 0 radical (unpaired) electrons. The maximum Gasteiger partial charge on any atom is 0.416 e. The third kappa shape index (κ3) is 3.50. The molecule has 0 heterocycles. The average Bonchev–Trinajstić information content (AvgIpc) is 2.38. The lowest BCUT2D eigenvalue weighted by Gasteiger charge is -2.14. The maximum absolute atomic E-state index is 13.0. The van der Waals surface area contributed by atoms with Crippen molar-refractivity contribution in [2.24, 2.45) is 0 Å². The van der Waals surface area contributed by atoms with E-state index < -0.39 is 17.6 Å². The van der Waals surface area contributed by atoms with E-state index in [1.54, 1.807) is 12.1 Å². The molecule has 0 aliphatic rings. The van der Waals surface area contributed by atoms with E-state index in [2.05, 4.69) is 5.32 Å². The van der Waals surface area contributed by atoms with Crippen molar-refractivity contribution in [3.8, 4) is 0 Å². The first-order valence-electron chi connectivity index (χ1n) is 6.02. The third-order valence-corrected chi connectivity index (χ3v) is 2.91. The molecule has 106 valence electrons. The summed E-state index contributed by atoms with van der Waals surface area (Å²) in [5.41, 5.74) is 0.845. The van der Waals surface area contributed by atoms with E-state index in [9.17, 15) is 17.6 Å². The van der Waals surface area contributed by atoms with E-state index in [1.807, 2.05) is 19.1 Å². The highest BCUT2D eigenvalue weighted by atomic mass is 19.4. The predicted octanol–water partition coefficient (Wildman–Crippen LogP) is 4.77. The number of hydrogen-bond acceptors (Lipinski definition) is 1. The van der Waals surface area contributed by atoms with Gasteiger partial charge in [-0.25, -0.2) is 4.39 Å². The summed E-state index contributed by atoms with van der Waals surface area (Å²) in [6.07, 6.45) is -4.56. The van der Waals surface area contributed by atoms with Gasteiger partial charge in [0.05, 0.1) is 5.56 Å². The zero-order valence-corrected chi connectivity index (χ0v) is 10.8. The van der Waals surface area contributed by atoms with Gasteiger partial charge in [0.1, 0.15) is 5.82 Å². The highest BCUT2D eigenvalue weighted by Crippen LogP contribution is 2.32. The van der Waals surface area contributed by atoms with E-state index >= 15 is 0 Å². The van der Waals surface area contributed by atoms with Crippen LogP contribution in [0, 0.1) is 12.7 Å². The average molecular weight is 283 g/mol. The van der Waals surface area contributed by atoms with Crippen LogP contribution < -0.4 is 5.32 Å². The molecule has 0 spiro atoms. The molecule has 0 bridgehead atoms. The van der Waals surface area contributed by atoms with Crippen LogP contribution in [0.4, 0.5) is 23.2 Å². The third-order valence-electron chi connectivity index (χ3n) is 2.91. The van der Waals surface area contributed by atoms with Gasteiger partial charge in [-0.2, -0.15) is 13.2 Å². The molecule has 5 heteroatoms. The Morgan fingerprint density at radius 2 is 1.65 bits per heavy atom. The van der Waals surface area contributed by atoms with Gasteiger partial charge in [0.25, 0.3) is 0 Å². The predicted molar refractivity (Wildman–Crippen MR) is 69.9 cm³/mol. The van der Waals surface area contributed by atoms with Crippen molar-refractivity contribution in [3.63, 3.8) is 0 Å². The Hall–Kier alpha value is -2.04. The quantitative estimate of drug-likeness (QED) is 0.800. The molecule has 0 aliphatic carbocycles. The second-order valence-corrected chi connectivity index (χ2v) is 4.52. The van der Waals surface area contributed by atoms with Gasteiger partial charge in [-0.3, -0.25) is 0 Å². The number of alkyl halides is 3. The zero-order chi connectivity index (χ0) is 14.8. The van der Waals surface area contributed by atoms with E-state index in [4.69, 9.17) is 0 Å². The van der Waals surface area contributed by atoms with Crippen LogP contribution in [0.25, 0.3) is 0 Å². The topological polar surface area (TPSA) is 12.0 Å². The van der Waals surface area contributed by atoms with Gasteiger partial charge in [0.2, 0.25) is 0 Å². The van der Waals surface area contributed by atoms with Gasteiger partial charge in [0.15, 0.2) is 0 Å². The van der Waals surface area contributed by atoms with Crippen LogP contribution >= 0.6 is 0 Å². The fourth-order valence-corrected chi connectivity index (χ4v) is 1.84. The lowest BCUT2D eigenvalue weighted by Crippen LogP contribution is -2.12. The van der Waals surface area contributed by atoms with Crippen molar-refractivity contribution in [2.45, 2.75) is 19.6 Å². The highest BCUT2D eigenvalue weighted by Gasteiger charge is 2.33. The smallest absolute Gasteiger partial charge is 0.381 e. The SMILES string of the molecule is Cc1ccc(NCc2ccc(F)cc2C(F)(F)F)cc1. The van der Waals surface area contributed by atoms with Crippen LogP contribution in [0.15, 0.2) is 42.5 Å². The Morgan fingerprint density at radius 1 is 1.00 bits per heavy atom. The largest absolute Gasteiger partial charge is 0.416 e. The van der Waals surface area contributed by atoms with Crippen LogP contribution in [0.2, 0.25) is 0 Å². The minimum Gasteiger partial charge on any atom is -0.381 e. The number of hydrogen-bond donors (Lipinski definition) is 1. The molecule has 0 unspecified atom stereocenters. The van der Waals surface area contributed by atoms with Crippen LogP contribution in [0.1, 0.15) is 16.7 Å². The second-order valence-electron chi connectivity index (χ2n) is 4.52. The monoisotopic (exact) mass is 283 g/mol. The zero-order valence-electron chi connectivity index (χ0n) is 10.8. The van der Waals surface area contributed by atoms with E-state index in [-0.39, 0.29) is 12.1 Å². The fraction of sp³-hybridized carbons (Fsp3) is 0.200. The summed E-state index contributed by atoms with van der Waals surface area (Å²) < 4.78 is 51.4. The lowest BCUT2D eigenvalue weighted by molar-refractivity contribution is -0.138. The van der Waals surface area contributed by atoms with Gasteiger partial charge < -0.3 is 5.32 Å². The summed E-state index contributed by atoms with van der Waals surface area (Å²) in [5, 5.41) is 2.90. The number of benzene rings is 2. The van der Waals surface area contributed by atoms with Gasteiger partial charge in [-0.15, -0.1) is 0 Å². The van der Waals surface area contributed by atoms with Crippen molar-refractivity contribution in [1.29, 1.82) is 0 Å². The molecular weight excluding hydrogens is 270 g/mol. The molecule has 0 atom stereocenters. The van der Waals surface area contributed by atoms with Crippen LogP contribution in [-0.4, -0.2) is 0 Å². The summed E-state index contributed by atoms with van der Waals surface area (Å²) >= 11 is 0. The molecule has 0 aliphatic heterocycles. The molecule has 0 saturated carbocycles. The summed E-state index contributed by atoms with van der Waals surface area (Å²) in [6.45, 7) is 1.91. The summed E-state index contributed by atoms with van der Waals surface area (Å²) in [4.78, 5) is 0. The van der Waals surface area contributed by atoms with Gasteiger partial charge in [-0.1, -0.05) is 23.8 Å². The second kappa shape index (κ2) is 5.53. The molecule has 2 aromatic carbocycles. The maximum atomic E-state index is 13.0. The Kier molecular flexibility index (Phi) is 3.97. The van der Waals surface area contributed by atoms with E-state index in [0.717, 1.165) is 17.7 Å². The fourth-order valence-electron chi connectivity index (χ4n) is 1.84. The molecule has 20 heavy (non-hydrogen) atoms. The standard InChI is InChI=1S/C15H13F4N/c1-10-2-6-13(7-3-10)20-9-11-4-5-12(16)8-14(11)15(17,18)19/h2-8,20H,9H2,1H3. The van der Waals surface area contributed by atoms with Crippen LogP contribution in [0.3, 0.4) is 0 Å². The Bertz CT molecular complexity index is 588. The summed E-state index contributed by atoms with van der Waals surface area (Å²) in [6, 6.07) is 9.99. The molecular formula is C15H13F4N. The molecule has 1 nitrogen and oxygen atoms in total. The Balaban J connectivity index is 2.19. The lowest BCUT2D eigenvalue weighted by atomic mass is 10.1. The van der Waals surface area contributed by atoms with Crippen LogP contribution in [-0.2, 0) is 12.7 Å². The number of nitrogens with one attached hydrogen (secondary N) is 1. The first-order valence-corrected chi connectivity index (χ1v) is 6.02. The van der Waals surface area contributed by atoms with Crippen molar-refractivity contribution >= 4 is 5.69 Å². The number of halogens is 4. The Labute approximate surface area is 114 Å². The van der Waals surface area contributed by atoms with Gasteiger partial charge >= 0.3 is 6.18 Å². The number of rotatable bonds is 3. The Morgan fingerprint density at radius 3 is 2.25 bits per heavy atom. The molecule has 1 N–H and O–H groups in total. The van der Waals surface area contributed by atoms with Gasteiger partial charge in [0, 0.05) is 12.2 Å². The van der Waals surface area contributed by atoms with E-state index in [0.29, 0.717) is 11.8 Å². The molecule has 2 rings (SSSR count). The normalized spacial score (nSPS) is 11.4. The van der Waals surface area contributed by atoms with Crippen molar-refractivity contribution < 1.29 is 17.6 Å². The molecule has 0 amide bonds. The van der Waals surface area contributed by atoms with Crippen LogP contribution in [0.5, 0.6) is 0 Å². The van der Waals surface area contributed by atoms with E-state index in [1.165, 1.54) is 0 Å². The molecule has 0 fully saturated rings. The molecule has 0 aromatic heterocycles. The van der Waals surface area contributed by atoms with Crippen molar-refractivity contribution in [1.82, 2.24) is 0 Å². The molecule has 0 saturated heterocycles. The van der Waals surface area contributed by atoms with Gasteiger partial charge in [-0.05, 0) is 36.8 Å². The highest BCUT2D eigenvalue weighted by molar-refractivity contribution is 5.45. The first kappa shape index (κ1) is 14.4. The van der Waals surface area contributed by atoms with Crippen molar-refractivity contribution in [2.75, 3.05) is 5.32 Å². The first-order chi connectivity index (χ1) is 9.36. The minimum absolute atomic E-state index is 0.0134. The minimum atomic E-state index is -4.56. The van der Waals surface area contributed by atoms with Crippen molar-refractivity contribution in [3.05, 3.63) is 65.0 Å². The number of aryl methyl sites for hydroxylation is 1. The summed E-state index contributed by atoms with van der Waals surface area (Å²) in [7, 11) is 0. The molecule has 2 aromatic rings. The number of anilines is 1.